The molecule has 4 rings (SSSR count). The molecule has 0 spiro atoms. The van der Waals surface area contributed by atoms with Crippen LogP contribution in [0, 0.1) is 5.82 Å². The second-order valence-corrected chi connectivity index (χ2v) is 7.63. The van der Waals surface area contributed by atoms with Crippen LogP contribution in [-0.4, -0.2) is 21.8 Å². The summed E-state index contributed by atoms with van der Waals surface area (Å²) in [6, 6.07) is 9.25. The maximum absolute atomic E-state index is 13.6. The van der Waals surface area contributed by atoms with Crippen LogP contribution in [-0.2, 0) is 18.1 Å². The Morgan fingerprint density at radius 1 is 1.09 bits per heavy atom. The Labute approximate surface area is 181 Å². The number of alkyl halides is 3. The fraction of sp³-hybridized carbons (Fsp3) is 0.261. The van der Waals surface area contributed by atoms with Gasteiger partial charge in [-0.15, -0.1) is 0 Å². The van der Waals surface area contributed by atoms with E-state index in [1.165, 1.54) is 24.4 Å². The quantitative estimate of drug-likeness (QED) is 0.594. The van der Waals surface area contributed by atoms with Crippen LogP contribution in [0.5, 0.6) is 0 Å². The van der Waals surface area contributed by atoms with Gasteiger partial charge in [-0.25, -0.2) is 9.38 Å². The molecule has 1 aromatic carbocycles. The minimum Gasteiger partial charge on any atom is -0.364 e. The lowest BCUT2D eigenvalue weighted by atomic mass is 9.79. The average molecular weight is 444 g/mol. The molecule has 3 aromatic rings. The molecule has 1 aliphatic rings. The normalized spacial score (nSPS) is 20.7. The first-order valence-corrected chi connectivity index (χ1v) is 10.0. The van der Waals surface area contributed by atoms with Gasteiger partial charge in [-0.2, -0.15) is 13.2 Å². The number of hydrogen-bond acceptors (Lipinski definition) is 4. The predicted molar refractivity (Wildman–Crippen MR) is 112 cm³/mol. The van der Waals surface area contributed by atoms with Crippen LogP contribution in [0.25, 0.3) is 0 Å². The molecule has 5 nitrogen and oxygen atoms in total. The minimum absolute atomic E-state index is 0.195. The summed E-state index contributed by atoms with van der Waals surface area (Å²) in [6.45, 7) is 3.70. The standard InChI is InChI=1S/C23H20F4N4O/c1-3-14-10-15(11-29-21(14)32)20-30-13(2)22(31-20,16-4-7-18(24)8-5-16)17-6-9-19(28-12-17)23(25,26)27/h4-13H,3H2,1-2H3,(H,29,32)(H,30,31)/t13-,22?/m0/s1. The summed E-state index contributed by atoms with van der Waals surface area (Å²) in [7, 11) is 0. The molecular weight excluding hydrogens is 424 g/mol. The lowest BCUT2D eigenvalue weighted by molar-refractivity contribution is -0.141. The molecule has 3 heterocycles. The van der Waals surface area contributed by atoms with Gasteiger partial charge in [-0.05, 0) is 43.2 Å². The number of nitrogens with zero attached hydrogens (tertiary/aromatic N) is 2. The molecule has 0 saturated carbocycles. The van der Waals surface area contributed by atoms with Crippen molar-refractivity contribution in [2.75, 3.05) is 0 Å². The smallest absolute Gasteiger partial charge is 0.364 e. The van der Waals surface area contributed by atoms with Crippen molar-refractivity contribution in [3.8, 4) is 0 Å². The van der Waals surface area contributed by atoms with E-state index in [2.05, 4.69) is 15.3 Å². The summed E-state index contributed by atoms with van der Waals surface area (Å²) < 4.78 is 52.8. The number of aryl methyl sites for hydroxylation is 1. The van der Waals surface area contributed by atoms with Crippen molar-refractivity contribution in [1.29, 1.82) is 0 Å². The molecule has 32 heavy (non-hydrogen) atoms. The van der Waals surface area contributed by atoms with Crippen molar-refractivity contribution in [1.82, 2.24) is 15.3 Å². The summed E-state index contributed by atoms with van der Waals surface area (Å²) in [5, 5.41) is 3.27. The monoisotopic (exact) mass is 444 g/mol. The number of amidine groups is 1. The number of halogens is 4. The zero-order valence-corrected chi connectivity index (χ0v) is 17.3. The summed E-state index contributed by atoms with van der Waals surface area (Å²) >= 11 is 0. The highest BCUT2D eigenvalue weighted by Gasteiger charge is 2.46. The minimum atomic E-state index is -4.57. The molecule has 1 unspecified atom stereocenters. The van der Waals surface area contributed by atoms with Gasteiger partial charge in [0.2, 0.25) is 0 Å². The molecule has 2 aromatic heterocycles. The van der Waals surface area contributed by atoms with Crippen LogP contribution in [0.1, 0.15) is 41.8 Å². The van der Waals surface area contributed by atoms with Gasteiger partial charge in [0.1, 0.15) is 22.9 Å². The molecule has 0 aliphatic carbocycles. The molecule has 0 bridgehead atoms. The second-order valence-electron chi connectivity index (χ2n) is 7.63. The molecule has 1 aliphatic heterocycles. The summed E-state index contributed by atoms with van der Waals surface area (Å²) in [5.41, 5.74) is -0.121. The molecule has 0 fully saturated rings. The third-order valence-corrected chi connectivity index (χ3v) is 5.68. The molecular formula is C23H20F4N4O. The fourth-order valence-electron chi connectivity index (χ4n) is 3.98. The first-order valence-electron chi connectivity index (χ1n) is 10.0. The first kappa shape index (κ1) is 21.7. The van der Waals surface area contributed by atoms with Crippen LogP contribution in [0.2, 0.25) is 0 Å². The summed E-state index contributed by atoms with van der Waals surface area (Å²) in [5.74, 6) is 0.0261. The Bertz CT molecular complexity index is 1220. The van der Waals surface area contributed by atoms with Crippen molar-refractivity contribution in [2.45, 2.75) is 38.0 Å². The van der Waals surface area contributed by atoms with E-state index < -0.39 is 29.3 Å². The van der Waals surface area contributed by atoms with Crippen molar-refractivity contribution < 1.29 is 17.6 Å². The molecule has 9 heteroatoms. The third kappa shape index (κ3) is 3.68. The van der Waals surface area contributed by atoms with E-state index in [0.717, 1.165) is 12.3 Å². The summed E-state index contributed by atoms with van der Waals surface area (Å²) in [4.78, 5) is 23.1. The largest absolute Gasteiger partial charge is 0.433 e. The number of aromatic nitrogens is 2. The van der Waals surface area contributed by atoms with E-state index in [4.69, 9.17) is 4.99 Å². The number of benzene rings is 1. The molecule has 2 atom stereocenters. The number of H-pyrrole nitrogens is 1. The van der Waals surface area contributed by atoms with E-state index in [1.54, 1.807) is 18.2 Å². The van der Waals surface area contributed by atoms with E-state index >= 15 is 0 Å². The van der Waals surface area contributed by atoms with Crippen molar-refractivity contribution in [2.24, 2.45) is 4.99 Å². The Morgan fingerprint density at radius 3 is 2.38 bits per heavy atom. The van der Waals surface area contributed by atoms with Crippen molar-refractivity contribution >= 4 is 5.84 Å². The second kappa shape index (κ2) is 7.89. The molecule has 0 radical (unpaired) electrons. The highest BCUT2D eigenvalue weighted by atomic mass is 19.4. The average Bonchev–Trinajstić information content (AvgIpc) is 3.12. The molecule has 0 saturated heterocycles. The maximum atomic E-state index is 13.6. The third-order valence-electron chi connectivity index (χ3n) is 5.68. The van der Waals surface area contributed by atoms with Crippen LogP contribution in [0.3, 0.4) is 0 Å². The van der Waals surface area contributed by atoms with Gasteiger partial charge in [0, 0.05) is 29.1 Å². The lowest BCUT2D eigenvalue weighted by Crippen LogP contribution is -2.41. The topological polar surface area (TPSA) is 70.1 Å². The van der Waals surface area contributed by atoms with E-state index in [1.807, 2.05) is 13.8 Å². The highest BCUT2D eigenvalue weighted by molar-refractivity contribution is 6.01. The van der Waals surface area contributed by atoms with Gasteiger partial charge in [0.15, 0.2) is 0 Å². The van der Waals surface area contributed by atoms with Gasteiger partial charge in [0.05, 0.1) is 6.04 Å². The van der Waals surface area contributed by atoms with Gasteiger partial charge in [-0.3, -0.25) is 9.78 Å². The first-order chi connectivity index (χ1) is 15.1. The van der Waals surface area contributed by atoms with Gasteiger partial charge >= 0.3 is 6.18 Å². The van der Waals surface area contributed by atoms with Crippen LogP contribution < -0.4 is 10.9 Å². The summed E-state index contributed by atoms with van der Waals surface area (Å²) in [6.07, 6.45) is -1.35. The number of aromatic amines is 1. The van der Waals surface area contributed by atoms with Crippen molar-refractivity contribution in [3.05, 3.63) is 99.0 Å². The maximum Gasteiger partial charge on any atom is 0.433 e. The zero-order chi connectivity index (χ0) is 23.1. The predicted octanol–water partition coefficient (Wildman–Crippen LogP) is 4.17. The Balaban J connectivity index is 1.90. The van der Waals surface area contributed by atoms with Gasteiger partial charge in [0.25, 0.3) is 5.56 Å². The zero-order valence-electron chi connectivity index (χ0n) is 17.3. The van der Waals surface area contributed by atoms with Gasteiger partial charge < -0.3 is 10.3 Å². The van der Waals surface area contributed by atoms with E-state index in [0.29, 0.717) is 34.5 Å². The Kier molecular flexibility index (Phi) is 5.36. The van der Waals surface area contributed by atoms with E-state index in [-0.39, 0.29) is 5.56 Å². The highest BCUT2D eigenvalue weighted by Crippen LogP contribution is 2.41. The fourth-order valence-corrected chi connectivity index (χ4v) is 3.98. The van der Waals surface area contributed by atoms with E-state index in [9.17, 15) is 22.4 Å². The van der Waals surface area contributed by atoms with Crippen LogP contribution in [0.15, 0.2) is 64.6 Å². The molecule has 166 valence electrons. The van der Waals surface area contributed by atoms with Crippen LogP contribution in [0.4, 0.5) is 17.6 Å². The molecule has 2 N–H and O–H groups in total. The number of rotatable bonds is 4. The number of hydrogen-bond donors (Lipinski definition) is 2. The number of pyridine rings is 2. The number of nitrogens with one attached hydrogen (secondary N) is 2. The van der Waals surface area contributed by atoms with Crippen molar-refractivity contribution in [3.63, 3.8) is 0 Å². The van der Waals surface area contributed by atoms with Crippen LogP contribution >= 0.6 is 0 Å². The van der Waals surface area contributed by atoms with Gasteiger partial charge in [-0.1, -0.05) is 25.1 Å². The SMILES string of the molecule is CCc1cc(C2=NC(c3ccc(F)cc3)(c3ccc(C(F)(F)F)nc3)[C@H](C)N2)c[nH]c1=O. The lowest BCUT2D eigenvalue weighted by Gasteiger charge is -2.31. The Morgan fingerprint density at radius 2 is 1.78 bits per heavy atom. The number of aliphatic imine (C=N–C) groups is 1. The molecule has 0 amide bonds. The Hall–Kier alpha value is -3.49.